The van der Waals surface area contributed by atoms with E-state index in [4.69, 9.17) is 14.6 Å². The zero-order valence-corrected chi connectivity index (χ0v) is 10.5. The van der Waals surface area contributed by atoms with Crippen molar-refractivity contribution >= 4 is 17.7 Å². The van der Waals surface area contributed by atoms with Crippen LogP contribution in [-0.2, 0) is 0 Å². The average molecular weight is 266 g/mol. The highest BCUT2D eigenvalue weighted by atomic mass is 32.1. The van der Waals surface area contributed by atoms with Gasteiger partial charge in [-0.15, -0.1) is 0 Å². The second-order valence-electron chi connectivity index (χ2n) is 3.33. The van der Waals surface area contributed by atoms with Crippen molar-refractivity contribution in [3.8, 4) is 22.8 Å². The number of carboxylic acids is 1. The second-order valence-corrected chi connectivity index (χ2v) is 3.86. The lowest BCUT2D eigenvalue weighted by Crippen LogP contribution is -2.00. The van der Waals surface area contributed by atoms with Crippen LogP contribution in [0.2, 0.25) is 0 Å². The molecule has 1 heterocycles. The van der Waals surface area contributed by atoms with Gasteiger partial charge in [0, 0.05) is 5.56 Å². The van der Waals surface area contributed by atoms with Gasteiger partial charge < -0.3 is 14.6 Å². The summed E-state index contributed by atoms with van der Waals surface area (Å²) < 4.78 is 18.1. The predicted molar refractivity (Wildman–Crippen MR) is 65.4 cm³/mol. The van der Waals surface area contributed by atoms with Crippen molar-refractivity contribution in [2.45, 2.75) is 0 Å². The summed E-state index contributed by atoms with van der Waals surface area (Å²) in [6.07, 6.45) is 0. The van der Waals surface area contributed by atoms with Gasteiger partial charge in [-0.1, -0.05) is 0 Å². The topological polar surface area (TPSA) is 81.5 Å². The van der Waals surface area contributed by atoms with E-state index in [1.807, 2.05) is 0 Å². The zero-order valence-electron chi connectivity index (χ0n) is 9.71. The molecule has 2 aromatic rings. The minimum atomic E-state index is -1.12. The van der Waals surface area contributed by atoms with Crippen LogP contribution in [0, 0.1) is 0 Å². The molecule has 0 amide bonds. The van der Waals surface area contributed by atoms with E-state index in [0.717, 1.165) is 11.7 Å². The number of hydrogen-bond donors (Lipinski definition) is 1. The summed E-state index contributed by atoms with van der Waals surface area (Å²) in [6, 6.07) is 5.09. The van der Waals surface area contributed by atoms with E-state index in [2.05, 4.69) is 8.75 Å². The standard InChI is InChI=1S/C11H10N2O4S/c1-16-6-3-4-8(17-2)7(5-6)9-10(11(14)15)13-18-12-9/h3-5H,1-2H3,(H,14,15). The van der Waals surface area contributed by atoms with Gasteiger partial charge in [0.25, 0.3) is 0 Å². The van der Waals surface area contributed by atoms with Crippen LogP contribution in [0.3, 0.4) is 0 Å². The Morgan fingerprint density at radius 2 is 2.06 bits per heavy atom. The number of hydrogen-bond acceptors (Lipinski definition) is 6. The summed E-state index contributed by atoms with van der Waals surface area (Å²) in [4.78, 5) is 11.0. The third-order valence-corrected chi connectivity index (χ3v) is 2.88. The monoisotopic (exact) mass is 266 g/mol. The minimum absolute atomic E-state index is 0.0912. The normalized spacial score (nSPS) is 10.1. The Balaban J connectivity index is 2.61. The molecule has 1 N–H and O–H groups in total. The maximum atomic E-state index is 11.0. The molecule has 0 saturated heterocycles. The van der Waals surface area contributed by atoms with E-state index < -0.39 is 5.97 Å². The summed E-state index contributed by atoms with van der Waals surface area (Å²) in [5.74, 6) is -0.00948. The Bertz CT molecular complexity index is 582. The van der Waals surface area contributed by atoms with E-state index in [9.17, 15) is 4.79 Å². The number of carbonyl (C=O) groups is 1. The summed E-state index contributed by atoms with van der Waals surface area (Å²) in [6.45, 7) is 0. The molecule has 0 aliphatic rings. The molecule has 0 bridgehead atoms. The number of rotatable bonds is 4. The van der Waals surface area contributed by atoms with Crippen molar-refractivity contribution in [3.05, 3.63) is 23.9 Å². The first-order valence-electron chi connectivity index (χ1n) is 4.95. The van der Waals surface area contributed by atoms with E-state index in [-0.39, 0.29) is 11.4 Å². The van der Waals surface area contributed by atoms with Gasteiger partial charge >= 0.3 is 5.97 Å². The van der Waals surface area contributed by atoms with Crippen LogP contribution >= 0.6 is 11.7 Å². The lowest BCUT2D eigenvalue weighted by atomic mass is 10.1. The van der Waals surface area contributed by atoms with Gasteiger partial charge in [0.05, 0.1) is 25.9 Å². The lowest BCUT2D eigenvalue weighted by Gasteiger charge is -2.08. The number of aromatic nitrogens is 2. The Kier molecular flexibility index (Phi) is 3.42. The van der Waals surface area contributed by atoms with Crippen molar-refractivity contribution in [1.82, 2.24) is 8.75 Å². The molecule has 0 spiro atoms. The average Bonchev–Trinajstić information content (AvgIpc) is 2.87. The fraction of sp³-hybridized carbons (Fsp3) is 0.182. The first-order valence-corrected chi connectivity index (χ1v) is 5.68. The lowest BCUT2D eigenvalue weighted by molar-refractivity contribution is 0.0692. The quantitative estimate of drug-likeness (QED) is 0.910. The zero-order chi connectivity index (χ0) is 13.1. The predicted octanol–water partition coefficient (Wildman–Crippen LogP) is 1.92. The molecule has 2 rings (SSSR count). The maximum absolute atomic E-state index is 11.0. The number of methoxy groups -OCH3 is 2. The Hall–Kier alpha value is -2.15. The Morgan fingerprint density at radius 3 is 2.67 bits per heavy atom. The number of nitrogens with zero attached hydrogens (tertiary/aromatic N) is 2. The molecule has 7 heteroatoms. The Morgan fingerprint density at radius 1 is 1.28 bits per heavy atom. The van der Waals surface area contributed by atoms with Gasteiger partial charge in [-0.25, -0.2) is 4.79 Å². The van der Waals surface area contributed by atoms with Crippen LogP contribution in [0.1, 0.15) is 10.5 Å². The number of ether oxygens (including phenoxy) is 2. The molecule has 0 aliphatic heterocycles. The van der Waals surface area contributed by atoms with Crippen molar-refractivity contribution in [1.29, 1.82) is 0 Å². The van der Waals surface area contributed by atoms with Crippen molar-refractivity contribution < 1.29 is 19.4 Å². The molecule has 1 aromatic heterocycles. The minimum Gasteiger partial charge on any atom is -0.497 e. The molecule has 0 atom stereocenters. The molecule has 0 aliphatic carbocycles. The van der Waals surface area contributed by atoms with Gasteiger partial charge in [-0.3, -0.25) is 0 Å². The van der Waals surface area contributed by atoms with E-state index in [1.54, 1.807) is 18.2 Å². The van der Waals surface area contributed by atoms with Crippen LogP contribution in [-0.4, -0.2) is 34.0 Å². The molecular formula is C11H10N2O4S. The first kappa shape index (κ1) is 12.3. The Labute approximate surface area is 107 Å². The fourth-order valence-corrected chi connectivity index (χ4v) is 2.06. The largest absolute Gasteiger partial charge is 0.497 e. The molecule has 0 fully saturated rings. The summed E-state index contributed by atoms with van der Waals surface area (Å²) in [5.41, 5.74) is 0.734. The van der Waals surface area contributed by atoms with Crippen LogP contribution < -0.4 is 9.47 Å². The van der Waals surface area contributed by atoms with Gasteiger partial charge in [0.15, 0.2) is 5.69 Å². The SMILES string of the molecule is COc1ccc(OC)c(-c2nsnc2C(=O)O)c1. The van der Waals surface area contributed by atoms with E-state index >= 15 is 0 Å². The summed E-state index contributed by atoms with van der Waals surface area (Å²) in [5, 5.41) is 9.04. The first-order chi connectivity index (χ1) is 8.67. The molecule has 18 heavy (non-hydrogen) atoms. The number of aromatic carboxylic acids is 1. The van der Waals surface area contributed by atoms with Crippen LogP contribution in [0.15, 0.2) is 18.2 Å². The second kappa shape index (κ2) is 5.01. The van der Waals surface area contributed by atoms with Gasteiger partial charge in [0.2, 0.25) is 0 Å². The van der Waals surface area contributed by atoms with E-state index in [0.29, 0.717) is 17.1 Å². The fourth-order valence-electron chi connectivity index (χ4n) is 1.50. The number of benzene rings is 1. The molecule has 0 radical (unpaired) electrons. The van der Waals surface area contributed by atoms with Crippen molar-refractivity contribution in [2.24, 2.45) is 0 Å². The molecule has 94 valence electrons. The van der Waals surface area contributed by atoms with Gasteiger partial charge in [-0.05, 0) is 18.2 Å². The van der Waals surface area contributed by atoms with Crippen LogP contribution in [0.4, 0.5) is 0 Å². The maximum Gasteiger partial charge on any atom is 0.357 e. The van der Waals surface area contributed by atoms with Crippen molar-refractivity contribution in [3.63, 3.8) is 0 Å². The summed E-state index contributed by atoms with van der Waals surface area (Å²) >= 11 is 0.845. The van der Waals surface area contributed by atoms with Crippen LogP contribution in [0.25, 0.3) is 11.3 Å². The molecule has 0 saturated carbocycles. The van der Waals surface area contributed by atoms with Crippen molar-refractivity contribution in [2.75, 3.05) is 14.2 Å². The molecular weight excluding hydrogens is 256 g/mol. The molecule has 1 aromatic carbocycles. The molecule has 0 unspecified atom stereocenters. The smallest absolute Gasteiger partial charge is 0.357 e. The van der Waals surface area contributed by atoms with E-state index in [1.165, 1.54) is 14.2 Å². The molecule has 6 nitrogen and oxygen atoms in total. The number of carboxylic acid groups (broad SMARTS) is 1. The highest BCUT2D eigenvalue weighted by Gasteiger charge is 2.20. The highest BCUT2D eigenvalue weighted by molar-refractivity contribution is 6.99. The third kappa shape index (κ3) is 2.12. The van der Waals surface area contributed by atoms with Gasteiger partial charge in [-0.2, -0.15) is 8.75 Å². The van der Waals surface area contributed by atoms with Gasteiger partial charge in [0.1, 0.15) is 17.2 Å². The van der Waals surface area contributed by atoms with Crippen LogP contribution in [0.5, 0.6) is 11.5 Å². The summed E-state index contributed by atoms with van der Waals surface area (Å²) in [7, 11) is 3.04. The highest BCUT2D eigenvalue weighted by Crippen LogP contribution is 2.34. The third-order valence-electron chi connectivity index (χ3n) is 2.35.